The van der Waals surface area contributed by atoms with Crippen LogP contribution in [0.1, 0.15) is 47.0 Å². The predicted octanol–water partition coefficient (Wildman–Crippen LogP) is 1.52. The van der Waals surface area contributed by atoms with Gasteiger partial charge in [-0.2, -0.15) is 0 Å². The van der Waals surface area contributed by atoms with Crippen LogP contribution in [0.2, 0.25) is 0 Å². The zero-order valence-corrected chi connectivity index (χ0v) is 13.4. The van der Waals surface area contributed by atoms with E-state index >= 15 is 0 Å². The summed E-state index contributed by atoms with van der Waals surface area (Å²) in [6.07, 6.45) is 0.914. The fourth-order valence-corrected chi connectivity index (χ4v) is 2.02. The lowest BCUT2D eigenvalue weighted by molar-refractivity contribution is -0.144. The fourth-order valence-electron chi connectivity index (χ4n) is 2.02. The zero-order valence-electron chi connectivity index (χ0n) is 13.4. The van der Waals surface area contributed by atoms with Gasteiger partial charge in [-0.1, -0.05) is 27.7 Å². The van der Waals surface area contributed by atoms with Gasteiger partial charge in [-0.15, -0.1) is 0 Å². The van der Waals surface area contributed by atoms with Crippen LogP contribution in [-0.2, 0) is 14.3 Å². The number of hydrogen-bond acceptors (Lipinski definition) is 4. The average molecular weight is 302 g/mol. The highest BCUT2D eigenvalue weighted by molar-refractivity contribution is 5.88. The number of ether oxygens (including phenoxy) is 1. The van der Waals surface area contributed by atoms with Crippen molar-refractivity contribution in [1.82, 2.24) is 10.6 Å². The first-order chi connectivity index (χ1) is 9.72. The topological polar surface area (TPSA) is 105 Å². The molecule has 0 saturated carbocycles. The molecule has 0 radical (unpaired) electrons. The smallest absolute Gasteiger partial charge is 0.329 e. The molecular formula is C14H26N2O5. The third-order valence-corrected chi connectivity index (χ3v) is 3.47. The Labute approximate surface area is 125 Å². The van der Waals surface area contributed by atoms with Crippen LogP contribution < -0.4 is 10.6 Å². The van der Waals surface area contributed by atoms with Crippen molar-refractivity contribution >= 4 is 18.0 Å². The first-order valence-corrected chi connectivity index (χ1v) is 7.12. The zero-order chi connectivity index (χ0) is 16.6. The Morgan fingerprint density at radius 2 is 1.71 bits per heavy atom. The number of amides is 2. The number of esters is 1. The first-order valence-electron chi connectivity index (χ1n) is 7.12. The van der Waals surface area contributed by atoms with Crippen LogP contribution in [-0.4, -0.2) is 41.8 Å². The molecule has 0 saturated heterocycles. The maximum absolute atomic E-state index is 12.0. The summed E-state index contributed by atoms with van der Waals surface area (Å²) in [4.78, 5) is 35.0. The molecule has 1 unspecified atom stereocenters. The van der Waals surface area contributed by atoms with Gasteiger partial charge in [0.2, 0.25) is 0 Å². The number of carboxylic acid groups (broad SMARTS) is 1. The molecule has 21 heavy (non-hydrogen) atoms. The van der Waals surface area contributed by atoms with Crippen molar-refractivity contribution < 1.29 is 24.2 Å². The summed E-state index contributed by atoms with van der Waals surface area (Å²) < 4.78 is 4.65. The van der Waals surface area contributed by atoms with Gasteiger partial charge in [0.1, 0.15) is 11.6 Å². The van der Waals surface area contributed by atoms with E-state index in [0.29, 0.717) is 6.42 Å². The quantitative estimate of drug-likeness (QED) is 0.590. The van der Waals surface area contributed by atoms with Crippen LogP contribution >= 0.6 is 0 Å². The van der Waals surface area contributed by atoms with Gasteiger partial charge in [-0.3, -0.25) is 0 Å². The number of methoxy groups -OCH3 is 1. The molecule has 0 rings (SSSR count). The molecule has 0 bridgehead atoms. The lowest BCUT2D eigenvalue weighted by Crippen LogP contribution is -2.58. The van der Waals surface area contributed by atoms with E-state index in [0.717, 1.165) is 0 Å². The number of hydrogen-bond donors (Lipinski definition) is 3. The van der Waals surface area contributed by atoms with Gasteiger partial charge >= 0.3 is 18.0 Å². The number of urea groups is 1. The highest BCUT2D eigenvalue weighted by Gasteiger charge is 2.37. The largest absolute Gasteiger partial charge is 0.480 e. The third-order valence-electron chi connectivity index (χ3n) is 3.47. The SMILES string of the molecule is CCC(CC)(NC(=O)NC(CC(C)C)C(=O)OC)C(=O)O. The van der Waals surface area contributed by atoms with E-state index in [2.05, 4.69) is 15.4 Å². The van der Waals surface area contributed by atoms with Crippen molar-refractivity contribution in [2.75, 3.05) is 7.11 Å². The second-order valence-electron chi connectivity index (χ2n) is 5.40. The standard InChI is InChI=1S/C14H26N2O5/c1-6-14(7-2,12(18)19)16-13(20)15-10(8-9(3)4)11(17)21-5/h9-10H,6-8H2,1-5H3,(H,18,19)(H2,15,16,20). The monoisotopic (exact) mass is 302 g/mol. The maximum atomic E-state index is 12.0. The molecule has 3 N–H and O–H groups in total. The van der Waals surface area contributed by atoms with Crippen LogP contribution in [0.3, 0.4) is 0 Å². The molecule has 7 nitrogen and oxygen atoms in total. The summed E-state index contributed by atoms with van der Waals surface area (Å²) in [6, 6.07) is -1.48. The van der Waals surface area contributed by atoms with Crippen molar-refractivity contribution in [2.45, 2.75) is 58.5 Å². The summed E-state index contributed by atoms with van der Waals surface area (Å²) in [5.41, 5.74) is -1.33. The molecule has 0 heterocycles. The summed E-state index contributed by atoms with van der Waals surface area (Å²) in [6.45, 7) is 7.19. The molecule has 1 atom stereocenters. The Hall–Kier alpha value is -1.79. The van der Waals surface area contributed by atoms with Crippen molar-refractivity contribution in [3.63, 3.8) is 0 Å². The van der Waals surface area contributed by atoms with E-state index in [1.54, 1.807) is 13.8 Å². The lowest BCUT2D eigenvalue weighted by atomic mass is 9.93. The molecule has 122 valence electrons. The van der Waals surface area contributed by atoms with E-state index in [4.69, 9.17) is 0 Å². The van der Waals surface area contributed by atoms with Gasteiger partial charge < -0.3 is 20.5 Å². The summed E-state index contributed by atoms with van der Waals surface area (Å²) in [5, 5.41) is 14.2. The van der Waals surface area contributed by atoms with Crippen LogP contribution in [0.15, 0.2) is 0 Å². The second kappa shape index (κ2) is 8.49. The molecule has 0 spiro atoms. The second-order valence-corrected chi connectivity index (χ2v) is 5.40. The maximum Gasteiger partial charge on any atom is 0.329 e. The summed E-state index contributed by atoms with van der Waals surface area (Å²) in [5.74, 6) is -1.47. The minimum Gasteiger partial charge on any atom is -0.480 e. The van der Waals surface area contributed by atoms with Gasteiger partial charge in [-0.25, -0.2) is 14.4 Å². The molecule has 7 heteroatoms. The first kappa shape index (κ1) is 19.2. The van der Waals surface area contributed by atoms with Crippen LogP contribution in [0.4, 0.5) is 4.79 Å². The van der Waals surface area contributed by atoms with E-state index in [1.165, 1.54) is 7.11 Å². The van der Waals surface area contributed by atoms with Gasteiger partial charge in [0.15, 0.2) is 0 Å². The normalized spacial score (nSPS) is 12.7. The van der Waals surface area contributed by atoms with E-state index < -0.39 is 29.6 Å². The molecule has 0 aliphatic heterocycles. The van der Waals surface area contributed by atoms with Crippen LogP contribution in [0, 0.1) is 5.92 Å². The number of rotatable bonds is 8. The molecule has 2 amide bonds. The van der Waals surface area contributed by atoms with E-state index in [9.17, 15) is 19.5 Å². The minimum absolute atomic E-state index is 0.177. The molecule has 0 aromatic rings. The van der Waals surface area contributed by atoms with Crippen molar-refractivity contribution in [3.8, 4) is 0 Å². The van der Waals surface area contributed by atoms with Crippen molar-refractivity contribution in [2.24, 2.45) is 5.92 Å². The number of carbonyl (C=O) groups is 3. The minimum atomic E-state index is -1.33. The van der Waals surface area contributed by atoms with Crippen molar-refractivity contribution in [1.29, 1.82) is 0 Å². The highest BCUT2D eigenvalue weighted by Crippen LogP contribution is 2.15. The Morgan fingerprint density at radius 1 is 1.19 bits per heavy atom. The number of nitrogens with one attached hydrogen (secondary N) is 2. The predicted molar refractivity (Wildman–Crippen MR) is 77.9 cm³/mol. The fraction of sp³-hybridized carbons (Fsp3) is 0.786. The summed E-state index contributed by atoms with van der Waals surface area (Å²) in [7, 11) is 1.24. The number of carboxylic acids is 1. The number of aliphatic carboxylic acids is 1. The van der Waals surface area contributed by atoms with Gasteiger partial charge in [-0.05, 0) is 25.2 Å². The highest BCUT2D eigenvalue weighted by atomic mass is 16.5. The Kier molecular flexibility index (Phi) is 7.76. The molecule has 0 fully saturated rings. The van der Waals surface area contributed by atoms with Crippen LogP contribution in [0.5, 0.6) is 0 Å². The third kappa shape index (κ3) is 5.61. The molecular weight excluding hydrogens is 276 g/mol. The summed E-state index contributed by atoms with van der Waals surface area (Å²) >= 11 is 0. The van der Waals surface area contributed by atoms with Gasteiger partial charge in [0, 0.05) is 0 Å². The van der Waals surface area contributed by atoms with Crippen molar-refractivity contribution in [3.05, 3.63) is 0 Å². The van der Waals surface area contributed by atoms with Crippen LogP contribution in [0.25, 0.3) is 0 Å². The molecule has 0 aliphatic rings. The molecule has 0 aliphatic carbocycles. The molecule has 0 aromatic carbocycles. The Morgan fingerprint density at radius 3 is 2.05 bits per heavy atom. The lowest BCUT2D eigenvalue weighted by Gasteiger charge is -2.29. The number of carbonyl (C=O) groups excluding carboxylic acids is 2. The Balaban J connectivity index is 4.90. The Bertz CT molecular complexity index is 378. The van der Waals surface area contributed by atoms with Gasteiger partial charge in [0.05, 0.1) is 7.11 Å². The van der Waals surface area contributed by atoms with E-state index in [-0.39, 0.29) is 18.8 Å². The molecule has 0 aromatic heterocycles. The van der Waals surface area contributed by atoms with Gasteiger partial charge in [0.25, 0.3) is 0 Å². The van der Waals surface area contributed by atoms with E-state index in [1.807, 2.05) is 13.8 Å². The average Bonchev–Trinajstić information content (AvgIpc) is 2.42.